The number of hydrogen-bond donors (Lipinski definition) is 1. The lowest BCUT2D eigenvalue weighted by atomic mass is 10.1. The van der Waals surface area contributed by atoms with Crippen molar-refractivity contribution in [3.63, 3.8) is 0 Å². The average Bonchev–Trinajstić information content (AvgIpc) is 2.89. The number of nitro groups is 1. The molecule has 1 aromatic heterocycles. The van der Waals surface area contributed by atoms with E-state index in [-0.39, 0.29) is 16.8 Å². The monoisotopic (exact) mass is 294 g/mol. The molecule has 0 saturated carbocycles. The molecule has 0 aliphatic heterocycles. The summed E-state index contributed by atoms with van der Waals surface area (Å²) in [6.45, 7) is 1.97. The first-order valence-corrected chi connectivity index (χ1v) is 6.67. The fourth-order valence-electron chi connectivity index (χ4n) is 1.97. The third-order valence-corrected chi connectivity index (χ3v) is 3.28. The van der Waals surface area contributed by atoms with Crippen LogP contribution in [0.2, 0.25) is 5.02 Å². The molecule has 1 unspecified atom stereocenters. The largest absolute Gasteiger partial charge is 0.469 e. The molecule has 106 valence electrons. The van der Waals surface area contributed by atoms with Gasteiger partial charge in [0.05, 0.1) is 11.2 Å². The molecule has 5 nitrogen and oxygen atoms in total. The van der Waals surface area contributed by atoms with Crippen molar-refractivity contribution in [2.45, 2.75) is 25.8 Å². The number of rotatable bonds is 6. The summed E-state index contributed by atoms with van der Waals surface area (Å²) in [6, 6.07) is 8.68. The van der Waals surface area contributed by atoms with E-state index in [1.165, 1.54) is 6.07 Å². The zero-order chi connectivity index (χ0) is 14.5. The first-order valence-electron chi connectivity index (χ1n) is 6.29. The third kappa shape index (κ3) is 3.51. The number of hydrogen-bond acceptors (Lipinski definition) is 4. The van der Waals surface area contributed by atoms with Gasteiger partial charge in [0.1, 0.15) is 16.5 Å². The highest BCUT2D eigenvalue weighted by molar-refractivity contribution is 6.33. The number of nitro benzene ring substituents is 1. The normalized spacial score (nSPS) is 12.1. The van der Waals surface area contributed by atoms with Crippen LogP contribution >= 0.6 is 11.6 Å². The quantitative estimate of drug-likeness (QED) is 0.638. The van der Waals surface area contributed by atoms with E-state index >= 15 is 0 Å². The van der Waals surface area contributed by atoms with Gasteiger partial charge in [-0.05, 0) is 37.6 Å². The molecule has 20 heavy (non-hydrogen) atoms. The lowest BCUT2D eigenvalue weighted by molar-refractivity contribution is -0.383. The summed E-state index contributed by atoms with van der Waals surface area (Å²) in [6.07, 6.45) is 3.21. The van der Waals surface area contributed by atoms with Crippen molar-refractivity contribution < 1.29 is 9.34 Å². The first-order chi connectivity index (χ1) is 9.58. The Kier molecular flexibility index (Phi) is 4.63. The minimum atomic E-state index is -0.468. The van der Waals surface area contributed by atoms with Crippen LogP contribution in [0.5, 0.6) is 0 Å². The van der Waals surface area contributed by atoms with Gasteiger partial charge in [0, 0.05) is 12.5 Å². The van der Waals surface area contributed by atoms with Gasteiger partial charge in [-0.15, -0.1) is 0 Å². The minimum Gasteiger partial charge on any atom is -0.469 e. The van der Waals surface area contributed by atoms with Gasteiger partial charge < -0.3 is 9.73 Å². The molecule has 0 radical (unpaired) electrons. The first kappa shape index (κ1) is 14.4. The van der Waals surface area contributed by atoms with Gasteiger partial charge in [0.2, 0.25) is 0 Å². The van der Waals surface area contributed by atoms with Crippen LogP contribution in [0.4, 0.5) is 11.4 Å². The minimum absolute atomic E-state index is 0.0669. The second-order valence-electron chi connectivity index (χ2n) is 4.56. The maximum absolute atomic E-state index is 11.0. The van der Waals surface area contributed by atoms with Gasteiger partial charge in [-0.1, -0.05) is 17.7 Å². The average molecular weight is 295 g/mol. The summed E-state index contributed by atoms with van der Waals surface area (Å²) in [7, 11) is 0. The fraction of sp³-hybridized carbons (Fsp3) is 0.286. The number of benzene rings is 1. The van der Waals surface area contributed by atoms with Crippen LogP contribution in [0.15, 0.2) is 41.0 Å². The van der Waals surface area contributed by atoms with Crippen molar-refractivity contribution in [1.82, 2.24) is 0 Å². The van der Waals surface area contributed by atoms with Crippen LogP contribution < -0.4 is 5.32 Å². The lowest BCUT2D eigenvalue weighted by Gasteiger charge is -2.15. The Morgan fingerprint density at radius 3 is 2.85 bits per heavy atom. The number of aryl methyl sites for hydroxylation is 1. The number of nitrogens with one attached hydrogen (secondary N) is 1. The number of nitrogens with zero attached hydrogens (tertiary/aromatic N) is 1. The molecule has 0 saturated heterocycles. The zero-order valence-electron chi connectivity index (χ0n) is 11.0. The summed E-state index contributed by atoms with van der Waals surface area (Å²) in [4.78, 5) is 10.6. The van der Waals surface area contributed by atoms with Crippen molar-refractivity contribution in [2.24, 2.45) is 0 Å². The molecular weight excluding hydrogens is 280 g/mol. The summed E-state index contributed by atoms with van der Waals surface area (Å²) in [5, 5.41) is 14.3. The van der Waals surface area contributed by atoms with Gasteiger partial charge in [-0.2, -0.15) is 0 Å². The highest BCUT2D eigenvalue weighted by atomic mass is 35.5. The highest BCUT2D eigenvalue weighted by Crippen LogP contribution is 2.32. The number of anilines is 1. The van der Waals surface area contributed by atoms with Crippen LogP contribution in [-0.4, -0.2) is 11.0 Å². The topological polar surface area (TPSA) is 68.3 Å². The third-order valence-electron chi connectivity index (χ3n) is 2.98. The summed E-state index contributed by atoms with van der Waals surface area (Å²) >= 11 is 5.87. The number of halogens is 1. The Morgan fingerprint density at radius 1 is 1.40 bits per heavy atom. The summed E-state index contributed by atoms with van der Waals surface area (Å²) in [5.74, 6) is 0.902. The van der Waals surface area contributed by atoms with E-state index in [1.54, 1.807) is 18.4 Å². The maximum Gasteiger partial charge on any atom is 0.310 e. The van der Waals surface area contributed by atoms with Crippen molar-refractivity contribution in [3.8, 4) is 0 Å². The van der Waals surface area contributed by atoms with Crippen molar-refractivity contribution in [3.05, 3.63) is 57.5 Å². The van der Waals surface area contributed by atoms with Crippen LogP contribution in [0.25, 0.3) is 0 Å². The fourth-order valence-corrected chi connectivity index (χ4v) is 2.21. The Bertz CT molecular complexity index is 584. The SMILES string of the molecule is CC(CCc1ccco1)Nc1cccc(Cl)c1[N+](=O)[O-]. The van der Waals surface area contributed by atoms with Crippen molar-refractivity contribution in [1.29, 1.82) is 0 Å². The molecule has 0 fully saturated rings. The zero-order valence-corrected chi connectivity index (χ0v) is 11.8. The second-order valence-corrected chi connectivity index (χ2v) is 4.96. The lowest BCUT2D eigenvalue weighted by Crippen LogP contribution is -2.16. The van der Waals surface area contributed by atoms with Gasteiger partial charge in [-0.3, -0.25) is 10.1 Å². The number of para-hydroxylation sites is 1. The molecule has 0 amide bonds. The van der Waals surface area contributed by atoms with Crippen LogP contribution in [0.3, 0.4) is 0 Å². The van der Waals surface area contributed by atoms with E-state index in [9.17, 15) is 10.1 Å². The van der Waals surface area contributed by atoms with Crippen molar-refractivity contribution in [2.75, 3.05) is 5.32 Å². The van der Waals surface area contributed by atoms with Gasteiger partial charge in [-0.25, -0.2) is 0 Å². The molecule has 1 heterocycles. The van der Waals surface area contributed by atoms with E-state index in [4.69, 9.17) is 16.0 Å². The standard InChI is InChI=1S/C14H15ClN2O3/c1-10(7-8-11-4-3-9-20-11)16-13-6-2-5-12(15)14(13)17(18)19/h2-6,9-10,16H,7-8H2,1H3. The Balaban J connectivity index is 2.02. The highest BCUT2D eigenvalue weighted by Gasteiger charge is 2.19. The van der Waals surface area contributed by atoms with Crippen LogP contribution in [0, 0.1) is 10.1 Å². The summed E-state index contributed by atoms with van der Waals surface area (Å²) < 4.78 is 5.26. The van der Waals surface area contributed by atoms with E-state index < -0.39 is 4.92 Å². The molecule has 2 rings (SSSR count). The predicted molar refractivity (Wildman–Crippen MR) is 78.2 cm³/mol. The molecule has 1 aromatic carbocycles. The molecule has 0 spiro atoms. The number of furan rings is 1. The molecule has 0 bridgehead atoms. The predicted octanol–water partition coefficient (Wildman–Crippen LogP) is 4.27. The van der Waals surface area contributed by atoms with E-state index in [0.717, 1.165) is 18.6 Å². The Hall–Kier alpha value is -2.01. The molecule has 0 aliphatic carbocycles. The molecule has 1 atom stereocenters. The van der Waals surface area contributed by atoms with Gasteiger partial charge >= 0.3 is 5.69 Å². The molecule has 6 heteroatoms. The smallest absolute Gasteiger partial charge is 0.310 e. The molecule has 1 N–H and O–H groups in total. The molecule has 2 aromatic rings. The summed E-state index contributed by atoms with van der Waals surface area (Å²) in [5.41, 5.74) is 0.355. The van der Waals surface area contributed by atoms with Gasteiger partial charge in [0.25, 0.3) is 0 Å². The van der Waals surface area contributed by atoms with Gasteiger partial charge in [0.15, 0.2) is 0 Å². The van der Waals surface area contributed by atoms with E-state index in [0.29, 0.717) is 5.69 Å². The van der Waals surface area contributed by atoms with E-state index in [2.05, 4.69) is 5.32 Å². The van der Waals surface area contributed by atoms with Crippen LogP contribution in [-0.2, 0) is 6.42 Å². The second kappa shape index (κ2) is 6.43. The Labute approximate surface area is 121 Å². The molecule has 0 aliphatic rings. The Morgan fingerprint density at radius 2 is 2.20 bits per heavy atom. The van der Waals surface area contributed by atoms with Crippen LogP contribution in [0.1, 0.15) is 19.1 Å². The van der Waals surface area contributed by atoms with Crippen molar-refractivity contribution >= 4 is 23.0 Å². The van der Waals surface area contributed by atoms with E-state index in [1.807, 2.05) is 19.1 Å². The molecular formula is C14H15ClN2O3. The maximum atomic E-state index is 11.0.